The molecule has 0 radical (unpaired) electrons. The van der Waals surface area contributed by atoms with Crippen LogP contribution in [0.1, 0.15) is 49.1 Å². The number of aliphatic imine (C=N–C) groups is 1. The Morgan fingerprint density at radius 3 is 2.28 bits per heavy atom. The van der Waals surface area contributed by atoms with Gasteiger partial charge in [-0.15, -0.1) is 0 Å². The molecular weight excluding hydrogens is 432 g/mol. The predicted molar refractivity (Wildman–Crippen MR) is 105 cm³/mol. The summed E-state index contributed by atoms with van der Waals surface area (Å²) in [5.41, 5.74) is 4.09. The molecule has 0 atom stereocenters. The average Bonchev–Trinajstić information content (AvgIpc) is 2.65. The van der Waals surface area contributed by atoms with Crippen molar-refractivity contribution in [3.63, 3.8) is 0 Å². The van der Waals surface area contributed by atoms with Gasteiger partial charge < -0.3 is 5.11 Å². The van der Waals surface area contributed by atoms with Gasteiger partial charge in [-0.05, 0) is 35.4 Å². The number of aromatic hydroxyl groups is 1. The second-order valence-corrected chi connectivity index (χ2v) is 9.86. The van der Waals surface area contributed by atoms with E-state index in [1.807, 2.05) is 18.2 Å². The fourth-order valence-corrected chi connectivity index (χ4v) is 3.50. The molecule has 1 aliphatic rings. The van der Waals surface area contributed by atoms with Crippen LogP contribution in [0.4, 0.5) is 0 Å². The Bertz CT molecular complexity index is 686. The Labute approximate surface area is 169 Å². The molecule has 2 aromatic rings. The minimum absolute atomic E-state index is 0.416. The molecule has 0 aromatic heterocycles. The van der Waals surface area contributed by atoms with Gasteiger partial charge >= 0.3 is 37.9 Å². The van der Waals surface area contributed by atoms with Crippen LogP contribution in [-0.4, -0.2) is 18.4 Å². The van der Waals surface area contributed by atoms with Crippen LogP contribution in [0.3, 0.4) is 0 Å². The zero-order valence-corrected chi connectivity index (χ0v) is 18.4. The Kier molecular flexibility index (Phi) is 9.24. The van der Waals surface area contributed by atoms with Crippen LogP contribution in [0.25, 0.3) is 11.1 Å². The summed E-state index contributed by atoms with van der Waals surface area (Å²) in [6.07, 6.45) is 8.00. The molecule has 1 saturated carbocycles. The van der Waals surface area contributed by atoms with Gasteiger partial charge in [0, 0.05) is 18.8 Å². The third kappa shape index (κ3) is 5.68. The quantitative estimate of drug-likeness (QED) is 0.524. The van der Waals surface area contributed by atoms with E-state index in [-0.39, 0.29) is 0 Å². The first-order chi connectivity index (χ1) is 12.2. The first kappa shape index (κ1) is 20.7. The van der Waals surface area contributed by atoms with Crippen molar-refractivity contribution in [2.45, 2.75) is 38.0 Å². The fourth-order valence-electron chi connectivity index (χ4n) is 3.50. The first-order valence-electron chi connectivity index (χ1n) is 8.52. The second-order valence-electron chi connectivity index (χ2n) is 6.12. The van der Waals surface area contributed by atoms with Gasteiger partial charge in [-0.2, -0.15) is 0 Å². The summed E-state index contributed by atoms with van der Waals surface area (Å²) in [5, 5.41) is 10.8. The van der Waals surface area contributed by atoms with E-state index in [0.29, 0.717) is 11.7 Å². The molecule has 0 unspecified atom stereocenters. The average molecular weight is 456 g/mol. The topological polar surface area (TPSA) is 32.6 Å². The third-order valence-electron chi connectivity index (χ3n) is 4.64. The molecule has 2 aromatic carbocycles. The Morgan fingerprint density at radius 1 is 1.04 bits per heavy atom. The van der Waals surface area contributed by atoms with Crippen molar-refractivity contribution in [2.24, 2.45) is 4.99 Å². The van der Waals surface area contributed by atoms with E-state index < -0.39 is 20.8 Å². The molecule has 1 N–H and O–H groups in total. The Balaban J connectivity index is 0.000000701. The van der Waals surface area contributed by atoms with E-state index in [4.69, 9.17) is 17.0 Å². The maximum absolute atomic E-state index is 10.8. The summed E-state index contributed by atoms with van der Waals surface area (Å²) in [4.78, 5) is 4.15. The Morgan fingerprint density at radius 2 is 1.68 bits per heavy atom. The monoisotopic (exact) mass is 453 g/mol. The molecule has 5 heteroatoms. The molecule has 2 nitrogen and oxygen atoms in total. The number of hydrogen-bond donors (Lipinski definition) is 1. The molecule has 0 bridgehead atoms. The van der Waals surface area contributed by atoms with E-state index in [1.165, 1.54) is 32.1 Å². The van der Waals surface area contributed by atoms with Crippen molar-refractivity contribution in [1.82, 2.24) is 0 Å². The summed E-state index contributed by atoms with van der Waals surface area (Å²) in [6.45, 7) is 0. The SMILES string of the molecule is CN=Cc1c(-c2ccccc2)ccc(C2CCCCC2)c1O.[Cl][Zr][Cl]. The van der Waals surface area contributed by atoms with Crippen molar-refractivity contribution >= 4 is 23.2 Å². The van der Waals surface area contributed by atoms with Crippen molar-refractivity contribution in [1.29, 1.82) is 0 Å². The molecule has 0 heterocycles. The molecule has 25 heavy (non-hydrogen) atoms. The van der Waals surface area contributed by atoms with Crippen LogP contribution in [0.15, 0.2) is 47.5 Å². The maximum atomic E-state index is 10.8. The van der Waals surface area contributed by atoms with Crippen LogP contribution in [-0.2, 0) is 20.8 Å². The van der Waals surface area contributed by atoms with Gasteiger partial charge in [0.05, 0.1) is 0 Å². The molecule has 1 aliphatic carbocycles. The zero-order chi connectivity index (χ0) is 18.1. The summed E-state index contributed by atoms with van der Waals surface area (Å²) < 4.78 is 0. The van der Waals surface area contributed by atoms with E-state index in [2.05, 4.69) is 29.3 Å². The molecule has 3 rings (SSSR count). The fraction of sp³-hybridized carbons (Fsp3) is 0.350. The van der Waals surface area contributed by atoms with E-state index in [1.54, 1.807) is 13.3 Å². The predicted octanol–water partition coefficient (Wildman–Crippen LogP) is 6.53. The molecule has 0 saturated heterocycles. The van der Waals surface area contributed by atoms with Crippen LogP contribution in [0.5, 0.6) is 5.75 Å². The number of benzene rings is 2. The zero-order valence-electron chi connectivity index (χ0n) is 14.4. The molecule has 1 fully saturated rings. The van der Waals surface area contributed by atoms with Gasteiger partial charge in [-0.25, -0.2) is 0 Å². The van der Waals surface area contributed by atoms with E-state index in [9.17, 15) is 5.11 Å². The first-order valence-corrected chi connectivity index (χ1v) is 14.9. The third-order valence-corrected chi connectivity index (χ3v) is 4.64. The standard InChI is InChI=1S/C20H23NO.2ClH.Zr/c1-21-14-19-17(15-8-4-2-5-9-15)12-13-18(20(19)22)16-10-6-3-7-11-16;;;/h2,4-5,8-9,12-14,16,22H,3,6-7,10-11H2,1H3;2*1H;/q;;;+2/p-2. The molecule has 0 amide bonds. The van der Waals surface area contributed by atoms with Crippen LogP contribution in [0.2, 0.25) is 0 Å². The number of phenolic OH excluding ortho intramolecular Hbond substituents is 1. The second kappa shape index (κ2) is 11.2. The molecule has 132 valence electrons. The van der Waals surface area contributed by atoms with Crippen LogP contribution in [0, 0.1) is 0 Å². The molecule has 0 spiro atoms. The van der Waals surface area contributed by atoms with Crippen LogP contribution < -0.4 is 0 Å². The van der Waals surface area contributed by atoms with Crippen molar-refractivity contribution in [3.05, 3.63) is 53.6 Å². The van der Waals surface area contributed by atoms with E-state index in [0.717, 1.165) is 22.3 Å². The van der Waals surface area contributed by atoms with Gasteiger partial charge in [0.2, 0.25) is 0 Å². The molecule has 0 aliphatic heterocycles. The minimum atomic E-state index is -0.826. The van der Waals surface area contributed by atoms with Crippen molar-refractivity contribution < 1.29 is 26.0 Å². The van der Waals surface area contributed by atoms with Gasteiger partial charge in [0.15, 0.2) is 0 Å². The van der Waals surface area contributed by atoms with Crippen LogP contribution >= 0.6 is 17.0 Å². The van der Waals surface area contributed by atoms with Gasteiger partial charge in [-0.3, -0.25) is 4.99 Å². The molecular formula is C20H23Cl2NOZr. The number of nitrogens with zero attached hydrogens (tertiary/aromatic N) is 1. The normalized spacial score (nSPS) is 14.8. The Hall–Kier alpha value is -0.627. The summed E-state index contributed by atoms with van der Waals surface area (Å²) in [7, 11) is 11.6. The summed E-state index contributed by atoms with van der Waals surface area (Å²) in [6, 6.07) is 14.4. The van der Waals surface area contributed by atoms with E-state index >= 15 is 0 Å². The summed E-state index contributed by atoms with van der Waals surface area (Å²) in [5.74, 6) is 0.904. The number of hydrogen-bond acceptors (Lipinski definition) is 2. The number of phenols is 1. The summed E-state index contributed by atoms with van der Waals surface area (Å²) >= 11 is -0.826. The number of rotatable bonds is 3. The van der Waals surface area contributed by atoms with Crippen molar-refractivity contribution in [2.75, 3.05) is 7.05 Å². The van der Waals surface area contributed by atoms with Gasteiger partial charge in [0.1, 0.15) is 5.75 Å². The number of halogens is 2. The van der Waals surface area contributed by atoms with Crippen molar-refractivity contribution in [3.8, 4) is 16.9 Å². The van der Waals surface area contributed by atoms with Gasteiger partial charge in [0.25, 0.3) is 0 Å². The van der Waals surface area contributed by atoms with Gasteiger partial charge in [-0.1, -0.05) is 61.7 Å².